The lowest BCUT2D eigenvalue weighted by Crippen LogP contribution is -1.86. The molecular formula is C3H5Br2O. The van der Waals surface area contributed by atoms with Crippen LogP contribution in [0, 0.1) is 0 Å². The van der Waals surface area contributed by atoms with Gasteiger partial charge in [-0.25, -0.2) is 5.11 Å². The van der Waals surface area contributed by atoms with Crippen molar-refractivity contribution in [2.45, 2.75) is 10.2 Å². The summed E-state index contributed by atoms with van der Waals surface area (Å²) in [4.78, 5) is 0. The lowest BCUT2D eigenvalue weighted by atomic mass is 10.5. The largest absolute Gasteiger partial charge is 0.237 e. The van der Waals surface area contributed by atoms with Crippen molar-refractivity contribution >= 4 is 31.9 Å². The Hall–Kier alpha value is 0.920. The Bertz CT molecular complexity index is 30.0. The van der Waals surface area contributed by atoms with E-state index in [2.05, 4.69) is 31.9 Å². The Balaban J connectivity index is 2.63. The zero-order valence-electron chi connectivity index (χ0n) is 3.16. The molecule has 0 amide bonds. The number of halogens is 2. The van der Waals surface area contributed by atoms with Crippen LogP contribution < -0.4 is 0 Å². The van der Waals surface area contributed by atoms with Crippen molar-refractivity contribution in [1.82, 2.24) is 0 Å². The number of alkyl halides is 2. The lowest BCUT2D eigenvalue weighted by molar-refractivity contribution is 0.193. The summed E-state index contributed by atoms with van der Waals surface area (Å²) in [7, 11) is 0. The summed E-state index contributed by atoms with van der Waals surface area (Å²) < 4.78 is 0.211. The Kier molecular flexibility index (Phi) is 4.72. The molecule has 0 aromatic rings. The predicted octanol–water partition coefficient (Wildman–Crippen LogP) is 1.92. The monoisotopic (exact) mass is 215 g/mol. The SMILES string of the molecule is [O]CCC(Br)Br. The summed E-state index contributed by atoms with van der Waals surface area (Å²) >= 11 is 6.30. The highest BCUT2D eigenvalue weighted by Gasteiger charge is 1.92. The first-order valence-corrected chi connectivity index (χ1v) is 3.46. The molecule has 0 atom stereocenters. The second kappa shape index (κ2) is 4.09. The molecule has 0 saturated heterocycles. The van der Waals surface area contributed by atoms with Crippen molar-refractivity contribution in [1.29, 1.82) is 0 Å². The first-order chi connectivity index (χ1) is 2.77. The van der Waals surface area contributed by atoms with Gasteiger partial charge in [0.15, 0.2) is 0 Å². The quantitative estimate of drug-likeness (QED) is 0.629. The minimum atomic E-state index is -0.0127. The van der Waals surface area contributed by atoms with Crippen LogP contribution in [-0.4, -0.2) is 10.3 Å². The maximum Gasteiger partial charge on any atom is 0.0841 e. The topological polar surface area (TPSA) is 19.9 Å². The maximum absolute atomic E-state index is 9.68. The van der Waals surface area contributed by atoms with Gasteiger partial charge in [-0.05, 0) is 6.42 Å². The smallest absolute Gasteiger partial charge is 0.0841 e. The molecule has 1 nitrogen and oxygen atoms in total. The van der Waals surface area contributed by atoms with Crippen LogP contribution in [0.4, 0.5) is 0 Å². The van der Waals surface area contributed by atoms with Crippen molar-refractivity contribution in [3.63, 3.8) is 0 Å². The van der Waals surface area contributed by atoms with Crippen molar-refractivity contribution in [3.8, 4) is 0 Å². The Morgan fingerprint density at radius 3 is 2.00 bits per heavy atom. The average Bonchev–Trinajstić information content (AvgIpc) is 1.35. The summed E-state index contributed by atoms with van der Waals surface area (Å²) in [6.45, 7) is -0.0127. The van der Waals surface area contributed by atoms with E-state index in [0.717, 1.165) is 0 Å². The second-order valence-electron chi connectivity index (χ2n) is 0.884. The van der Waals surface area contributed by atoms with Gasteiger partial charge in [0.05, 0.1) is 10.3 Å². The normalized spacial score (nSPS) is 10.0. The van der Waals surface area contributed by atoms with Crippen LogP contribution in [0.15, 0.2) is 0 Å². The molecule has 0 saturated carbocycles. The Morgan fingerprint density at radius 1 is 1.50 bits per heavy atom. The zero-order valence-corrected chi connectivity index (χ0v) is 6.33. The molecule has 0 aromatic carbocycles. The summed E-state index contributed by atoms with van der Waals surface area (Å²) in [5.41, 5.74) is 0. The molecule has 0 aromatic heterocycles. The van der Waals surface area contributed by atoms with E-state index < -0.39 is 0 Å². The van der Waals surface area contributed by atoms with E-state index in [9.17, 15) is 5.11 Å². The standard InChI is InChI=1S/C3H5Br2O/c4-3(5)1-2-6/h3H,1-2H2. The molecule has 0 spiro atoms. The van der Waals surface area contributed by atoms with E-state index in [-0.39, 0.29) is 10.3 Å². The van der Waals surface area contributed by atoms with Crippen LogP contribution in [0.25, 0.3) is 0 Å². The molecule has 0 aliphatic heterocycles. The third kappa shape index (κ3) is 4.92. The fourth-order valence-electron chi connectivity index (χ4n) is 0.0891. The highest BCUT2D eigenvalue weighted by Crippen LogP contribution is 2.10. The third-order valence-electron chi connectivity index (χ3n) is 0.336. The van der Waals surface area contributed by atoms with Crippen molar-refractivity contribution in [2.24, 2.45) is 0 Å². The Labute approximate surface area is 54.0 Å². The van der Waals surface area contributed by atoms with Crippen molar-refractivity contribution in [2.75, 3.05) is 6.61 Å². The van der Waals surface area contributed by atoms with E-state index in [0.29, 0.717) is 6.42 Å². The molecule has 0 unspecified atom stereocenters. The molecule has 3 heteroatoms. The fourth-order valence-corrected chi connectivity index (χ4v) is 0.463. The third-order valence-corrected chi connectivity index (χ3v) is 1.25. The van der Waals surface area contributed by atoms with Gasteiger partial charge in [0, 0.05) is 0 Å². The minimum Gasteiger partial charge on any atom is -0.237 e. The number of rotatable bonds is 2. The molecule has 0 heterocycles. The molecule has 0 rings (SSSR count). The lowest BCUT2D eigenvalue weighted by Gasteiger charge is -1.89. The van der Waals surface area contributed by atoms with Gasteiger partial charge in [-0.3, -0.25) is 0 Å². The zero-order chi connectivity index (χ0) is 4.99. The summed E-state index contributed by atoms with van der Waals surface area (Å²) in [6.07, 6.45) is 0.653. The van der Waals surface area contributed by atoms with Gasteiger partial charge in [-0.15, -0.1) is 0 Å². The molecule has 0 aliphatic rings. The van der Waals surface area contributed by atoms with Crippen LogP contribution in [-0.2, 0) is 5.11 Å². The van der Waals surface area contributed by atoms with E-state index in [4.69, 9.17) is 0 Å². The Morgan fingerprint density at radius 2 is 2.00 bits per heavy atom. The maximum atomic E-state index is 9.68. The molecule has 0 N–H and O–H groups in total. The first-order valence-electron chi connectivity index (χ1n) is 1.63. The fraction of sp³-hybridized carbons (Fsp3) is 1.00. The van der Waals surface area contributed by atoms with Crippen LogP contribution in [0.2, 0.25) is 0 Å². The van der Waals surface area contributed by atoms with Gasteiger partial charge in [-0.2, -0.15) is 0 Å². The van der Waals surface area contributed by atoms with Gasteiger partial charge < -0.3 is 0 Å². The van der Waals surface area contributed by atoms with E-state index in [1.54, 1.807) is 0 Å². The molecule has 37 valence electrons. The number of hydrogen-bond acceptors (Lipinski definition) is 0. The molecule has 0 aliphatic carbocycles. The highest BCUT2D eigenvalue weighted by molar-refractivity contribution is 9.24. The summed E-state index contributed by atoms with van der Waals surface area (Å²) in [5.74, 6) is 0. The second-order valence-corrected chi connectivity index (χ2v) is 4.32. The van der Waals surface area contributed by atoms with E-state index in [1.165, 1.54) is 0 Å². The molecule has 0 fully saturated rings. The summed E-state index contributed by atoms with van der Waals surface area (Å²) in [6, 6.07) is 0. The molecule has 6 heavy (non-hydrogen) atoms. The van der Waals surface area contributed by atoms with Gasteiger partial charge in [0.25, 0.3) is 0 Å². The van der Waals surface area contributed by atoms with Crippen molar-refractivity contribution < 1.29 is 5.11 Å². The summed E-state index contributed by atoms with van der Waals surface area (Å²) in [5, 5.41) is 9.68. The minimum absolute atomic E-state index is 0.0127. The van der Waals surface area contributed by atoms with Crippen molar-refractivity contribution in [3.05, 3.63) is 0 Å². The van der Waals surface area contributed by atoms with Crippen LogP contribution >= 0.6 is 31.9 Å². The molecule has 1 radical (unpaired) electrons. The predicted molar refractivity (Wildman–Crippen MR) is 31.8 cm³/mol. The molecule has 0 bridgehead atoms. The molecular weight excluding hydrogens is 212 g/mol. The number of hydrogen-bond donors (Lipinski definition) is 0. The van der Waals surface area contributed by atoms with E-state index >= 15 is 0 Å². The first kappa shape index (κ1) is 6.92. The van der Waals surface area contributed by atoms with Gasteiger partial charge in [0.1, 0.15) is 0 Å². The van der Waals surface area contributed by atoms with Gasteiger partial charge in [0.2, 0.25) is 0 Å². The van der Waals surface area contributed by atoms with Crippen LogP contribution in [0.3, 0.4) is 0 Å². The van der Waals surface area contributed by atoms with Gasteiger partial charge >= 0.3 is 0 Å². The van der Waals surface area contributed by atoms with Crippen LogP contribution in [0.1, 0.15) is 6.42 Å². The van der Waals surface area contributed by atoms with Gasteiger partial charge in [-0.1, -0.05) is 31.9 Å². The van der Waals surface area contributed by atoms with Crippen LogP contribution in [0.5, 0.6) is 0 Å². The van der Waals surface area contributed by atoms with E-state index in [1.807, 2.05) is 0 Å². The average molecular weight is 217 g/mol. The highest BCUT2D eigenvalue weighted by atomic mass is 79.9.